The Balaban J connectivity index is 1.78. The molecular formula is C26H19BrFNO3. The lowest BCUT2D eigenvalue weighted by Gasteiger charge is -2.25. The molecule has 0 bridgehead atoms. The first-order chi connectivity index (χ1) is 15.3. The molecule has 0 saturated heterocycles. The average Bonchev–Trinajstić information content (AvgIpc) is 3.07. The molecule has 1 amide bonds. The molecule has 2 heterocycles. The van der Waals surface area contributed by atoms with E-state index in [1.54, 1.807) is 4.90 Å². The van der Waals surface area contributed by atoms with Gasteiger partial charge in [0.2, 0.25) is 5.76 Å². The number of rotatable bonds is 3. The number of amides is 1. The van der Waals surface area contributed by atoms with Crippen LogP contribution >= 0.6 is 15.9 Å². The molecule has 3 aromatic carbocycles. The maximum Gasteiger partial charge on any atom is 0.295 e. The Hall–Kier alpha value is -3.25. The van der Waals surface area contributed by atoms with Gasteiger partial charge in [-0.1, -0.05) is 54.0 Å². The highest BCUT2D eigenvalue weighted by atomic mass is 79.9. The van der Waals surface area contributed by atoms with Crippen molar-refractivity contribution in [1.29, 1.82) is 0 Å². The summed E-state index contributed by atoms with van der Waals surface area (Å²) in [7, 11) is 0. The fourth-order valence-electron chi connectivity index (χ4n) is 4.19. The van der Waals surface area contributed by atoms with Crippen LogP contribution in [0.2, 0.25) is 0 Å². The van der Waals surface area contributed by atoms with Gasteiger partial charge >= 0.3 is 0 Å². The Morgan fingerprint density at radius 1 is 0.969 bits per heavy atom. The third kappa shape index (κ3) is 3.26. The Morgan fingerprint density at radius 2 is 1.66 bits per heavy atom. The molecular weight excluding hydrogens is 473 g/mol. The van der Waals surface area contributed by atoms with Crippen LogP contribution in [0, 0.1) is 5.82 Å². The molecule has 1 atom stereocenters. The zero-order chi connectivity index (χ0) is 22.6. The Morgan fingerprint density at radius 3 is 2.31 bits per heavy atom. The third-order valence-corrected chi connectivity index (χ3v) is 6.38. The summed E-state index contributed by atoms with van der Waals surface area (Å²) >= 11 is 3.42. The van der Waals surface area contributed by atoms with E-state index < -0.39 is 23.2 Å². The average molecular weight is 492 g/mol. The van der Waals surface area contributed by atoms with Crippen LogP contribution in [0.3, 0.4) is 0 Å². The normalized spacial score (nSPS) is 15.6. The predicted molar refractivity (Wildman–Crippen MR) is 126 cm³/mol. The first-order valence-electron chi connectivity index (χ1n) is 10.3. The molecule has 4 nitrogen and oxygen atoms in total. The second kappa shape index (κ2) is 7.71. The highest BCUT2D eigenvalue weighted by Crippen LogP contribution is 2.41. The summed E-state index contributed by atoms with van der Waals surface area (Å²) < 4.78 is 20.7. The summed E-state index contributed by atoms with van der Waals surface area (Å²) in [6.07, 6.45) is 0. The molecule has 0 N–H and O–H groups in total. The molecule has 1 aliphatic rings. The van der Waals surface area contributed by atoms with E-state index in [1.165, 1.54) is 12.1 Å². The highest BCUT2D eigenvalue weighted by Gasteiger charge is 2.43. The van der Waals surface area contributed by atoms with Crippen molar-refractivity contribution in [2.24, 2.45) is 0 Å². The lowest BCUT2D eigenvalue weighted by atomic mass is 9.95. The van der Waals surface area contributed by atoms with Crippen LogP contribution < -0.4 is 10.3 Å². The van der Waals surface area contributed by atoms with Gasteiger partial charge in [0.05, 0.1) is 17.0 Å². The summed E-state index contributed by atoms with van der Waals surface area (Å²) in [6, 6.07) is 18.3. The number of anilines is 1. The number of halogens is 2. The number of hydrogen-bond donors (Lipinski definition) is 0. The van der Waals surface area contributed by atoms with Crippen LogP contribution in [0.4, 0.5) is 10.1 Å². The molecule has 0 aliphatic carbocycles. The van der Waals surface area contributed by atoms with Crippen molar-refractivity contribution >= 4 is 38.5 Å². The van der Waals surface area contributed by atoms with E-state index in [2.05, 4.69) is 29.8 Å². The molecule has 0 spiro atoms. The minimum Gasteiger partial charge on any atom is -0.450 e. The van der Waals surface area contributed by atoms with Crippen LogP contribution in [-0.2, 0) is 0 Å². The summed E-state index contributed by atoms with van der Waals surface area (Å²) in [6.45, 7) is 4.21. The van der Waals surface area contributed by atoms with Gasteiger partial charge in [0.15, 0.2) is 5.43 Å². The predicted octanol–water partition coefficient (Wildman–Crippen LogP) is 6.57. The quantitative estimate of drug-likeness (QED) is 0.325. The van der Waals surface area contributed by atoms with Gasteiger partial charge in [0.25, 0.3) is 5.91 Å². The lowest BCUT2D eigenvalue weighted by Crippen LogP contribution is -2.29. The summed E-state index contributed by atoms with van der Waals surface area (Å²) in [5, 5.41) is 0.123. The van der Waals surface area contributed by atoms with Crippen molar-refractivity contribution in [3.05, 3.63) is 110 Å². The molecule has 160 valence electrons. The molecule has 6 heteroatoms. The van der Waals surface area contributed by atoms with E-state index in [4.69, 9.17) is 4.42 Å². The molecule has 1 aromatic heterocycles. The molecule has 4 aromatic rings. The van der Waals surface area contributed by atoms with Crippen LogP contribution in [0.5, 0.6) is 0 Å². The van der Waals surface area contributed by atoms with E-state index in [9.17, 15) is 14.0 Å². The molecule has 1 aliphatic heterocycles. The van der Waals surface area contributed by atoms with Crippen LogP contribution in [0.15, 0.2) is 80.4 Å². The molecule has 1 unspecified atom stereocenters. The SMILES string of the molecule is CC(C)c1ccc(C2c3c(oc4ccc(F)cc4c3=O)C(=O)N2c2ccc(Br)cc2)cc1. The fourth-order valence-corrected chi connectivity index (χ4v) is 4.46. The number of carbonyl (C=O) groups is 1. The van der Waals surface area contributed by atoms with Gasteiger partial charge in [0.1, 0.15) is 11.4 Å². The van der Waals surface area contributed by atoms with Crippen molar-refractivity contribution in [1.82, 2.24) is 0 Å². The Kier molecular flexibility index (Phi) is 4.97. The van der Waals surface area contributed by atoms with E-state index in [0.29, 0.717) is 11.6 Å². The van der Waals surface area contributed by atoms with Crippen LogP contribution in [-0.4, -0.2) is 5.91 Å². The molecule has 5 rings (SSSR count). The first kappa shape index (κ1) is 20.6. The van der Waals surface area contributed by atoms with Crippen LogP contribution in [0.25, 0.3) is 11.0 Å². The minimum atomic E-state index is -0.677. The molecule has 0 fully saturated rings. The first-order valence-corrected chi connectivity index (χ1v) is 11.1. The largest absolute Gasteiger partial charge is 0.450 e. The van der Waals surface area contributed by atoms with Crippen molar-refractivity contribution < 1.29 is 13.6 Å². The maximum absolute atomic E-state index is 13.9. The van der Waals surface area contributed by atoms with E-state index in [1.807, 2.05) is 48.5 Å². The maximum atomic E-state index is 13.9. The topological polar surface area (TPSA) is 50.5 Å². The Bertz CT molecular complexity index is 1410. The van der Waals surface area contributed by atoms with Gasteiger partial charge in [-0.3, -0.25) is 14.5 Å². The minimum absolute atomic E-state index is 0.00466. The number of fused-ring (bicyclic) bond motifs is 2. The van der Waals surface area contributed by atoms with Gasteiger partial charge in [-0.25, -0.2) is 4.39 Å². The standard InChI is InChI=1S/C26H19BrFNO3/c1-14(2)15-3-5-16(6-4-15)23-22-24(30)20-13-18(28)9-12-21(20)32-25(22)26(31)29(23)19-10-7-17(27)8-11-19/h3-14,23H,1-2H3. The van der Waals surface area contributed by atoms with Gasteiger partial charge in [0, 0.05) is 10.2 Å². The Labute approximate surface area is 192 Å². The summed E-state index contributed by atoms with van der Waals surface area (Å²) in [5.41, 5.74) is 2.60. The second-order valence-electron chi connectivity index (χ2n) is 8.19. The van der Waals surface area contributed by atoms with E-state index >= 15 is 0 Å². The summed E-state index contributed by atoms with van der Waals surface area (Å²) in [5.74, 6) is -0.587. The zero-order valence-electron chi connectivity index (χ0n) is 17.4. The fraction of sp³-hybridized carbons (Fsp3) is 0.154. The highest BCUT2D eigenvalue weighted by molar-refractivity contribution is 9.10. The van der Waals surface area contributed by atoms with Crippen LogP contribution in [0.1, 0.15) is 53.1 Å². The van der Waals surface area contributed by atoms with E-state index in [-0.39, 0.29) is 22.3 Å². The monoisotopic (exact) mass is 491 g/mol. The van der Waals surface area contributed by atoms with Gasteiger partial charge in [-0.15, -0.1) is 0 Å². The molecule has 0 saturated carbocycles. The number of benzene rings is 3. The third-order valence-electron chi connectivity index (χ3n) is 5.86. The number of hydrogen-bond acceptors (Lipinski definition) is 3. The van der Waals surface area contributed by atoms with Crippen molar-refractivity contribution in [3.8, 4) is 0 Å². The molecule has 32 heavy (non-hydrogen) atoms. The van der Waals surface area contributed by atoms with Gasteiger partial charge in [-0.2, -0.15) is 0 Å². The number of carbonyl (C=O) groups excluding carboxylic acids is 1. The van der Waals surface area contributed by atoms with Crippen molar-refractivity contribution in [2.45, 2.75) is 25.8 Å². The van der Waals surface area contributed by atoms with Crippen molar-refractivity contribution in [2.75, 3.05) is 4.90 Å². The summed E-state index contributed by atoms with van der Waals surface area (Å²) in [4.78, 5) is 28.6. The van der Waals surface area contributed by atoms with Crippen molar-refractivity contribution in [3.63, 3.8) is 0 Å². The van der Waals surface area contributed by atoms with Gasteiger partial charge in [-0.05, 0) is 59.5 Å². The second-order valence-corrected chi connectivity index (χ2v) is 9.11. The number of nitrogens with zero attached hydrogens (tertiary/aromatic N) is 1. The molecule has 0 radical (unpaired) electrons. The smallest absolute Gasteiger partial charge is 0.295 e. The van der Waals surface area contributed by atoms with Gasteiger partial charge < -0.3 is 4.42 Å². The zero-order valence-corrected chi connectivity index (χ0v) is 19.0. The van der Waals surface area contributed by atoms with E-state index in [0.717, 1.165) is 21.7 Å². The lowest BCUT2D eigenvalue weighted by molar-refractivity contribution is 0.0971.